The third-order valence-electron chi connectivity index (χ3n) is 4.09. The van der Waals surface area contributed by atoms with Crippen LogP contribution in [-0.4, -0.2) is 31.7 Å². The molecule has 7 heteroatoms. The number of halogens is 1. The maximum Gasteiger partial charge on any atom is 0.243 e. The van der Waals surface area contributed by atoms with Crippen LogP contribution in [0, 0.1) is 20.8 Å². The van der Waals surface area contributed by atoms with Crippen molar-refractivity contribution in [3.05, 3.63) is 57.6 Å². The first-order valence-corrected chi connectivity index (χ1v) is 10.5. The molecule has 5 nitrogen and oxygen atoms in total. The molecular weight excluding hydrogens is 416 g/mol. The highest BCUT2D eigenvalue weighted by molar-refractivity contribution is 9.10. The Labute approximate surface area is 163 Å². The third-order valence-corrected chi connectivity index (χ3v) is 6.49. The molecule has 0 unspecified atom stereocenters. The monoisotopic (exact) mass is 438 g/mol. The summed E-state index contributed by atoms with van der Waals surface area (Å²) in [6, 6.07) is 10.4. The van der Waals surface area contributed by atoms with Crippen molar-refractivity contribution >= 4 is 37.5 Å². The average molecular weight is 439 g/mol. The van der Waals surface area contributed by atoms with E-state index in [0.717, 1.165) is 21.2 Å². The standard InChI is InChI=1S/C19H23BrN2O3S/c1-5-22(26(24,25)17-8-6-13(2)7-9-17)12-18(23)21-19-14(3)10-16(20)11-15(19)4/h6-11H,5,12H2,1-4H3,(H,21,23). The van der Waals surface area contributed by atoms with Crippen LogP contribution >= 0.6 is 15.9 Å². The van der Waals surface area contributed by atoms with Crippen molar-refractivity contribution in [3.8, 4) is 0 Å². The molecule has 0 aliphatic heterocycles. The van der Waals surface area contributed by atoms with Crippen molar-refractivity contribution in [2.24, 2.45) is 0 Å². The Hall–Kier alpha value is -1.70. The summed E-state index contributed by atoms with van der Waals surface area (Å²) >= 11 is 3.42. The van der Waals surface area contributed by atoms with Gasteiger partial charge in [0.1, 0.15) is 0 Å². The Morgan fingerprint density at radius 2 is 1.62 bits per heavy atom. The van der Waals surface area contributed by atoms with Crippen molar-refractivity contribution in [2.75, 3.05) is 18.4 Å². The smallest absolute Gasteiger partial charge is 0.243 e. The fourth-order valence-electron chi connectivity index (χ4n) is 2.67. The topological polar surface area (TPSA) is 66.5 Å². The lowest BCUT2D eigenvalue weighted by molar-refractivity contribution is -0.116. The molecule has 0 saturated heterocycles. The number of rotatable bonds is 6. The molecule has 140 valence electrons. The Bertz CT molecular complexity index is 886. The Kier molecular flexibility index (Phi) is 6.60. The van der Waals surface area contributed by atoms with Crippen LogP contribution in [-0.2, 0) is 14.8 Å². The fraction of sp³-hybridized carbons (Fsp3) is 0.316. The summed E-state index contributed by atoms with van der Waals surface area (Å²) in [7, 11) is -3.72. The highest BCUT2D eigenvalue weighted by Crippen LogP contribution is 2.25. The molecule has 0 atom stereocenters. The van der Waals surface area contributed by atoms with Crippen LogP contribution in [0.4, 0.5) is 5.69 Å². The molecule has 1 N–H and O–H groups in total. The number of likely N-dealkylation sites (N-methyl/N-ethyl adjacent to an activating group) is 1. The normalized spacial score (nSPS) is 11.6. The number of aryl methyl sites for hydroxylation is 3. The minimum Gasteiger partial charge on any atom is -0.324 e. The van der Waals surface area contributed by atoms with Gasteiger partial charge in [-0.15, -0.1) is 0 Å². The summed E-state index contributed by atoms with van der Waals surface area (Å²) in [6.45, 7) is 7.38. The summed E-state index contributed by atoms with van der Waals surface area (Å²) < 4.78 is 27.7. The van der Waals surface area contributed by atoms with Gasteiger partial charge in [0.2, 0.25) is 15.9 Å². The van der Waals surface area contributed by atoms with E-state index in [2.05, 4.69) is 21.2 Å². The maximum atomic E-state index is 12.8. The van der Waals surface area contributed by atoms with Crippen molar-refractivity contribution in [1.29, 1.82) is 0 Å². The quantitative estimate of drug-likeness (QED) is 0.740. The van der Waals surface area contributed by atoms with Crippen molar-refractivity contribution in [1.82, 2.24) is 4.31 Å². The van der Waals surface area contributed by atoms with Gasteiger partial charge in [-0.2, -0.15) is 4.31 Å². The SMILES string of the molecule is CCN(CC(=O)Nc1c(C)cc(Br)cc1C)S(=O)(=O)c1ccc(C)cc1. The van der Waals surface area contributed by atoms with Crippen LogP contribution in [0.3, 0.4) is 0 Å². The number of hydrogen-bond acceptors (Lipinski definition) is 3. The summed E-state index contributed by atoms with van der Waals surface area (Å²) in [6.07, 6.45) is 0. The van der Waals surface area contributed by atoms with Gasteiger partial charge >= 0.3 is 0 Å². The van der Waals surface area contributed by atoms with Crippen LogP contribution in [0.2, 0.25) is 0 Å². The molecule has 0 aliphatic rings. The molecule has 2 aromatic rings. The molecule has 26 heavy (non-hydrogen) atoms. The van der Waals surface area contributed by atoms with Gasteiger partial charge in [0.15, 0.2) is 0 Å². The van der Waals surface area contributed by atoms with Crippen molar-refractivity contribution in [2.45, 2.75) is 32.6 Å². The fourth-order valence-corrected chi connectivity index (χ4v) is 4.77. The predicted molar refractivity (Wildman–Crippen MR) is 108 cm³/mol. The summed E-state index contributed by atoms with van der Waals surface area (Å²) in [4.78, 5) is 12.7. The van der Waals surface area contributed by atoms with Gasteiger partial charge in [-0.05, 0) is 56.2 Å². The van der Waals surface area contributed by atoms with Crippen LogP contribution in [0.5, 0.6) is 0 Å². The molecule has 0 saturated carbocycles. The Morgan fingerprint density at radius 1 is 1.08 bits per heavy atom. The number of nitrogens with one attached hydrogen (secondary N) is 1. The molecule has 1 amide bonds. The Balaban J connectivity index is 2.19. The van der Waals surface area contributed by atoms with E-state index in [1.54, 1.807) is 31.2 Å². The first-order chi connectivity index (χ1) is 12.1. The molecular formula is C19H23BrN2O3S. The largest absolute Gasteiger partial charge is 0.324 e. The number of nitrogens with zero attached hydrogens (tertiary/aromatic N) is 1. The highest BCUT2D eigenvalue weighted by atomic mass is 79.9. The van der Waals surface area contributed by atoms with Crippen molar-refractivity contribution < 1.29 is 13.2 Å². The lowest BCUT2D eigenvalue weighted by Crippen LogP contribution is -2.38. The summed E-state index contributed by atoms with van der Waals surface area (Å²) in [5, 5.41) is 2.84. The number of benzene rings is 2. The van der Waals surface area contributed by atoms with Gasteiger partial charge in [0.25, 0.3) is 0 Å². The summed E-state index contributed by atoms with van der Waals surface area (Å²) in [5.74, 6) is -0.365. The van der Waals surface area contributed by atoms with E-state index in [4.69, 9.17) is 0 Å². The van der Waals surface area contributed by atoms with E-state index in [-0.39, 0.29) is 23.9 Å². The average Bonchev–Trinajstić information content (AvgIpc) is 2.56. The minimum absolute atomic E-state index is 0.189. The van der Waals surface area contributed by atoms with Crippen LogP contribution in [0.1, 0.15) is 23.6 Å². The number of carbonyl (C=O) groups excluding carboxylic acids is 1. The van der Waals surface area contributed by atoms with Gasteiger partial charge in [-0.25, -0.2) is 8.42 Å². The lowest BCUT2D eigenvalue weighted by atomic mass is 10.1. The lowest BCUT2D eigenvalue weighted by Gasteiger charge is -2.21. The number of sulfonamides is 1. The van der Waals surface area contributed by atoms with Gasteiger partial charge in [0, 0.05) is 16.7 Å². The van der Waals surface area contributed by atoms with Gasteiger partial charge in [0.05, 0.1) is 11.4 Å². The van der Waals surface area contributed by atoms with Crippen LogP contribution in [0.15, 0.2) is 45.8 Å². The van der Waals surface area contributed by atoms with E-state index in [1.165, 1.54) is 4.31 Å². The number of carbonyl (C=O) groups is 1. The van der Waals surface area contributed by atoms with Gasteiger partial charge < -0.3 is 5.32 Å². The van der Waals surface area contributed by atoms with Gasteiger partial charge in [-0.1, -0.05) is 40.5 Å². The molecule has 0 heterocycles. The Morgan fingerprint density at radius 3 is 2.12 bits per heavy atom. The first kappa shape index (κ1) is 20.6. The molecule has 0 bridgehead atoms. The van der Waals surface area contributed by atoms with E-state index in [1.807, 2.05) is 32.9 Å². The second kappa shape index (κ2) is 8.33. The minimum atomic E-state index is -3.72. The first-order valence-electron chi connectivity index (χ1n) is 8.28. The second-order valence-electron chi connectivity index (χ2n) is 6.21. The molecule has 0 radical (unpaired) electrons. The zero-order chi connectivity index (χ0) is 19.5. The predicted octanol–water partition coefficient (Wildman–Crippen LogP) is 4.02. The van der Waals surface area contributed by atoms with Crippen LogP contribution < -0.4 is 5.32 Å². The van der Waals surface area contributed by atoms with E-state index in [9.17, 15) is 13.2 Å². The molecule has 0 fully saturated rings. The number of amides is 1. The van der Waals surface area contributed by atoms with E-state index < -0.39 is 10.0 Å². The van der Waals surface area contributed by atoms with E-state index in [0.29, 0.717) is 5.69 Å². The zero-order valence-corrected chi connectivity index (χ0v) is 17.7. The number of hydrogen-bond donors (Lipinski definition) is 1. The number of anilines is 1. The maximum absolute atomic E-state index is 12.8. The zero-order valence-electron chi connectivity index (χ0n) is 15.3. The molecule has 0 aliphatic carbocycles. The van der Waals surface area contributed by atoms with E-state index >= 15 is 0 Å². The van der Waals surface area contributed by atoms with Crippen molar-refractivity contribution in [3.63, 3.8) is 0 Å². The second-order valence-corrected chi connectivity index (χ2v) is 9.06. The molecule has 2 rings (SSSR count). The molecule has 2 aromatic carbocycles. The highest BCUT2D eigenvalue weighted by Gasteiger charge is 2.25. The molecule has 0 aromatic heterocycles. The third kappa shape index (κ3) is 4.72. The van der Waals surface area contributed by atoms with Crippen LogP contribution in [0.25, 0.3) is 0 Å². The van der Waals surface area contributed by atoms with Gasteiger partial charge in [-0.3, -0.25) is 4.79 Å². The molecule has 0 spiro atoms. The summed E-state index contributed by atoms with van der Waals surface area (Å²) in [5.41, 5.74) is 3.51.